The second-order valence-corrected chi connectivity index (χ2v) is 4.05. The normalized spacial score (nSPS) is 15.7. The number of ether oxygens (including phenoxy) is 1. The predicted molar refractivity (Wildman–Crippen MR) is 55.4 cm³/mol. The molecule has 2 N–H and O–H groups in total. The van der Waals surface area contributed by atoms with Crippen LogP contribution in [0.2, 0.25) is 0 Å². The lowest BCUT2D eigenvalue weighted by molar-refractivity contribution is 0.0655. The van der Waals surface area contributed by atoms with Crippen molar-refractivity contribution in [2.24, 2.45) is 10.9 Å². The molecule has 0 amide bonds. The summed E-state index contributed by atoms with van der Waals surface area (Å²) >= 11 is 1.65. The van der Waals surface area contributed by atoms with Crippen LogP contribution in [0.5, 0.6) is 0 Å². The number of hydrogen-bond donors (Lipinski definition) is 1. The Labute approximate surface area is 86.3 Å². The summed E-state index contributed by atoms with van der Waals surface area (Å²) in [7, 11) is 0. The zero-order valence-electron chi connectivity index (χ0n) is 7.95. The van der Waals surface area contributed by atoms with E-state index < -0.39 is 0 Å². The molecule has 5 heteroatoms. The number of thiophene rings is 1. The van der Waals surface area contributed by atoms with Gasteiger partial charge in [0, 0.05) is 16.8 Å². The number of aryl methyl sites for hydroxylation is 1. The summed E-state index contributed by atoms with van der Waals surface area (Å²) in [6, 6.07) is 0. The Morgan fingerprint density at radius 3 is 3.07 bits per heavy atom. The van der Waals surface area contributed by atoms with Gasteiger partial charge in [-0.2, -0.15) is 0 Å². The molecule has 0 bridgehead atoms. The van der Waals surface area contributed by atoms with Crippen LogP contribution in [0.25, 0.3) is 0 Å². The average molecular weight is 212 g/mol. The summed E-state index contributed by atoms with van der Waals surface area (Å²) < 4.78 is 5.40. The van der Waals surface area contributed by atoms with Crippen LogP contribution in [0, 0.1) is 6.92 Å². The second kappa shape index (κ2) is 3.98. The first kappa shape index (κ1) is 9.48. The van der Waals surface area contributed by atoms with Gasteiger partial charge in [0.25, 0.3) is 5.90 Å². The van der Waals surface area contributed by atoms with Crippen molar-refractivity contribution >= 4 is 17.2 Å². The third kappa shape index (κ3) is 1.60. The van der Waals surface area contributed by atoms with Gasteiger partial charge in [0.1, 0.15) is 6.61 Å². The maximum atomic E-state index is 5.66. The van der Waals surface area contributed by atoms with Crippen molar-refractivity contribution in [2.45, 2.75) is 13.5 Å². The highest BCUT2D eigenvalue weighted by atomic mass is 32.1. The Kier molecular flexibility index (Phi) is 2.69. The molecule has 0 spiro atoms. The topological polar surface area (TPSA) is 56.8 Å². The number of oxime groups is 1. The Bertz CT molecular complexity index is 360. The molecule has 4 nitrogen and oxygen atoms in total. The van der Waals surface area contributed by atoms with Crippen molar-refractivity contribution in [2.75, 3.05) is 13.2 Å². The molecule has 0 saturated carbocycles. The molecule has 2 heterocycles. The number of hydrogen-bond acceptors (Lipinski definition) is 5. The highest BCUT2D eigenvalue weighted by molar-refractivity contribution is 7.10. The van der Waals surface area contributed by atoms with E-state index in [0.29, 0.717) is 25.7 Å². The van der Waals surface area contributed by atoms with Gasteiger partial charge in [-0.1, -0.05) is 0 Å². The van der Waals surface area contributed by atoms with Crippen LogP contribution in [0.1, 0.15) is 16.0 Å². The van der Waals surface area contributed by atoms with E-state index in [-0.39, 0.29) is 0 Å². The van der Waals surface area contributed by atoms with Crippen molar-refractivity contribution in [3.63, 3.8) is 0 Å². The van der Waals surface area contributed by atoms with E-state index in [1.807, 2.05) is 12.3 Å². The number of nitrogens with two attached hydrogens (primary N) is 1. The minimum atomic E-state index is 0.507. The first-order valence-corrected chi connectivity index (χ1v) is 5.31. The third-order valence-electron chi connectivity index (χ3n) is 2.10. The zero-order valence-corrected chi connectivity index (χ0v) is 8.76. The summed E-state index contributed by atoms with van der Waals surface area (Å²) in [5.41, 5.74) is 7.72. The minimum absolute atomic E-state index is 0.507. The highest BCUT2D eigenvalue weighted by Crippen LogP contribution is 2.23. The molecule has 0 fully saturated rings. The van der Waals surface area contributed by atoms with Crippen molar-refractivity contribution < 1.29 is 9.57 Å². The van der Waals surface area contributed by atoms with E-state index in [4.69, 9.17) is 15.3 Å². The number of rotatable bonds is 2. The van der Waals surface area contributed by atoms with Gasteiger partial charge in [-0.15, -0.1) is 11.3 Å². The molecule has 1 aliphatic rings. The molecule has 1 aliphatic heterocycles. The molecule has 1 aromatic heterocycles. The van der Waals surface area contributed by atoms with Crippen LogP contribution in [0.3, 0.4) is 0 Å². The highest BCUT2D eigenvalue weighted by Gasteiger charge is 2.17. The van der Waals surface area contributed by atoms with Gasteiger partial charge >= 0.3 is 0 Å². The summed E-state index contributed by atoms with van der Waals surface area (Å²) in [6.07, 6.45) is 0. The van der Waals surface area contributed by atoms with Crippen LogP contribution in [0.15, 0.2) is 10.5 Å². The molecule has 0 saturated heterocycles. The van der Waals surface area contributed by atoms with Crippen LogP contribution in [0.4, 0.5) is 0 Å². The first-order valence-electron chi connectivity index (χ1n) is 4.43. The van der Waals surface area contributed by atoms with Gasteiger partial charge in [-0.25, -0.2) is 0 Å². The lowest BCUT2D eigenvalue weighted by Crippen LogP contribution is -2.18. The molecule has 0 aromatic carbocycles. The Morgan fingerprint density at radius 1 is 1.57 bits per heavy atom. The van der Waals surface area contributed by atoms with Crippen molar-refractivity contribution in [3.05, 3.63) is 21.4 Å². The van der Waals surface area contributed by atoms with Gasteiger partial charge in [0.2, 0.25) is 0 Å². The zero-order chi connectivity index (χ0) is 9.97. The van der Waals surface area contributed by atoms with E-state index in [1.165, 1.54) is 4.88 Å². The first-order chi connectivity index (χ1) is 6.83. The van der Waals surface area contributed by atoms with Crippen LogP contribution in [-0.4, -0.2) is 19.1 Å². The third-order valence-corrected chi connectivity index (χ3v) is 3.05. The fourth-order valence-corrected chi connectivity index (χ4v) is 2.22. The monoisotopic (exact) mass is 212 g/mol. The SMILES string of the molecule is Cc1scc(C2=NOCCO2)c1CN. The van der Waals surface area contributed by atoms with Gasteiger partial charge in [-0.3, -0.25) is 0 Å². The van der Waals surface area contributed by atoms with E-state index in [2.05, 4.69) is 5.16 Å². The smallest absolute Gasteiger partial charge is 0.258 e. The summed E-state index contributed by atoms with van der Waals surface area (Å²) in [6.45, 7) is 3.62. The van der Waals surface area contributed by atoms with Crippen molar-refractivity contribution in [1.29, 1.82) is 0 Å². The molecule has 0 radical (unpaired) electrons. The quantitative estimate of drug-likeness (QED) is 0.802. The van der Waals surface area contributed by atoms with Gasteiger partial charge in [-0.05, 0) is 17.6 Å². The van der Waals surface area contributed by atoms with Crippen LogP contribution in [-0.2, 0) is 16.1 Å². The average Bonchev–Trinajstić information content (AvgIpc) is 2.61. The molecule has 2 rings (SSSR count). The van der Waals surface area contributed by atoms with E-state index in [0.717, 1.165) is 11.1 Å². The fourth-order valence-electron chi connectivity index (χ4n) is 1.35. The predicted octanol–water partition coefficient (Wildman–Crippen LogP) is 1.22. The lowest BCUT2D eigenvalue weighted by atomic mass is 10.1. The largest absolute Gasteiger partial charge is 0.471 e. The molecule has 76 valence electrons. The number of nitrogens with zero attached hydrogens (tertiary/aromatic N) is 1. The maximum absolute atomic E-state index is 5.66. The molecular weight excluding hydrogens is 200 g/mol. The van der Waals surface area contributed by atoms with Crippen LogP contribution >= 0.6 is 11.3 Å². The van der Waals surface area contributed by atoms with Crippen LogP contribution < -0.4 is 5.73 Å². The van der Waals surface area contributed by atoms with Crippen molar-refractivity contribution in [1.82, 2.24) is 0 Å². The molecule has 0 aliphatic carbocycles. The second-order valence-electron chi connectivity index (χ2n) is 2.97. The molecule has 0 atom stereocenters. The fraction of sp³-hybridized carbons (Fsp3) is 0.444. The maximum Gasteiger partial charge on any atom is 0.258 e. The molecule has 14 heavy (non-hydrogen) atoms. The van der Waals surface area contributed by atoms with Gasteiger partial charge in [0.05, 0.1) is 5.56 Å². The summed E-state index contributed by atoms with van der Waals surface area (Å²) in [5, 5.41) is 5.87. The summed E-state index contributed by atoms with van der Waals surface area (Å²) in [5.74, 6) is 0.557. The van der Waals surface area contributed by atoms with E-state index in [9.17, 15) is 0 Å². The molecular formula is C9H12N2O2S. The molecule has 1 aromatic rings. The summed E-state index contributed by atoms with van der Waals surface area (Å²) in [4.78, 5) is 6.18. The lowest BCUT2D eigenvalue weighted by Gasteiger charge is -2.13. The standard InChI is InChI=1S/C9H12N2O2S/c1-6-7(4-10)8(5-14-6)9-11-13-3-2-12-9/h5H,2-4,10H2,1H3. The van der Waals surface area contributed by atoms with Gasteiger partial charge < -0.3 is 15.3 Å². The Balaban J connectivity index is 2.35. The van der Waals surface area contributed by atoms with Crippen molar-refractivity contribution in [3.8, 4) is 0 Å². The Hall–Kier alpha value is -1.07. The van der Waals surface area contributed by atoms with E-state index in [1.54, 1.807) is 11.3 Å². The van der Waals surface area contributed by atoms with Gasteiger partial charge in [0.15, 0.2) is 6.61 Å². The van der Waals surface area contributed by atoms with E-state index >= 15 is 0 Å². The minimum Gasteiger partial charge on any atom is -0.471 e. The Morgan fingerprint density at radius 2 is 2.43 bits per heavy atom. The molecule has 0 unspecified atom stereocenters.